The standard InChI is InChI=1S/C14H22N2O4/c1-13(2,19)9-16-8-11(7-15-16)14(20)5-3-4-10(6-14)12(17)18/h7-8,10,19-20H,3-6,9H2,1-2H3,(H,17,18). The van der Waals surface area contributed by atoms with E-state index in [0.717, 1.165) is 0 Å². The SMILES string of the molecule is CC(C)(O)Cn1cc(C2(O)CCCC(C(=O)O)C2)cn1. The zero-order valence-electron chi connectivity index (χ0n) is 11.9. The van der Waals surface area contributed by atoms with Gasteiger partial charge in [0.25, 0.3) is 0 Å². The van der Waals surface area contributed by atoms with E-state index >= 15 is 0 Å². The monoisotopic (exact) mass is 282 g/mol. The second-order valence-corrected chi connectivity index (χ2v) is 6.40. The largest absolute Gasteiger partial charge is 0.481 e. The normalized spacial score (nSPS) is 27.5. The van der Waals surface area contributed by atoms with Crippen molar-refractivity contribution in [2.75, 3.05) is 0 Å². The molecule has 0 amide bonds. The quantitative estimate of drug-likeness (QED) is 0.769. The predicted octanol–water partition coefficient (Wildman–Crippen LogP) is 1.12. The Hall–Kier alpha value is -1.40. The fraction of sp³-hybridized carbons (Fsp3) is 0.714. The van der Waals surface area contributed by atoms with Crippen molar-refractivity contribution in [1.29, 1.82) is 0 Å². The zero-order chi connectivity index (χ0) is 15.0. The summed E-state index contributed by atoms with van der Waals surface area (Å²) in [4.78, 5) is 11.1. The van der Waals surface area contributed by atoms with Crippen molar-refractivity contribution in [2.45, 2.75) is 57.3 Å². The molecule has 1 saturated carbocycles. The average molecular weight is 282 g/mol. The molecule has 0 aliphatic heterocycles. The van der Waals surface area contributed by atoms with E-state index in [2.05, 4.69) is 5.10 Å². The smallest absolute Gasteiger partial charge is 0.306 e. The minimum absolute atomic E-state index is 0.219. The van der Waals surface area contributed by atoms with Crippen LogP contribution < -0.4 is 0 Å². The number of hydrogen-bond acceptors (Lipinski definition) is 4. The zero-order valence-corrected chi connectivity index (χ0v) is 11.9. The highest BCUT2D eigenvalue weighted by molar-refractivity contribution is 5.70. The first-order chi connectivity index (χ1) is 9.20. The third-order valence-electron chi connectivity index (χ3n) is 3.80. The second-order valence-electron chi connectivity index (χ2n) is 6.40. The summed E-state index contributed by atoms with van der Waals surface area (Å²) in [6.45, 7) is 3.69. The summed E-state index contributed by atoms with van der Waals surface area (Å²) < 4.78 is 1.58. The number of rotatable bonds is 4. The fourth-order valence-electron chi connectivity index (χ4n) is 2.81. The summed E-state index contributed by atoms with van der Waals surface area (Å²) in [6, 6.07) is 0. The molecule has 6 nitrogen and oxygen atoms in total. The maximum Gasteiger partial charge on any atom is 0.306 e. The van der Waals surface area contributed by atoms with E-state index in [1.165, 1.54) is 0 Å². The molecule has 1 aromatic rings. The Bertz CT molecular complexity index is 492. The predicted molar refractivity (Wildman–Crippen MR) is 72.0 cm³/mol. The van der Waals surface area contributed by atoms with E-state index in [-0.39, 0.29) is 6.42 Å². The van der Waals surface area contributed by atoms with E-state index in [9.17, 15) is 15.0 Å². The van der Waals surface area contributed by atoms with Gasteiger partial charge in [0.15, 0.2) is 0 Å². The van der Waals surface area contributed by atoms with Crippen molar-refractivity contribution in [3.63, 3.8) is 0 Å². The number of carboxylic acid groups (broad SMARTS) is 1. The molecule has 20 heavy (non-hydrogen) atoms. The van der Waals surface area contributed by atoms with Crippen LogP contribution in [-0.4, -0.2) is 36.7 Å². The molecule has 1 heterocycles. The molecule has 1 aromatic heterocycles. The lowest BCUT2D eigenvalue weighted by molar-refractivity contribution is -0.147. The fourth-order valence-corrected chi connectivity index (χ4v) is 2.81. The van der Waals surface area contributed by atoms with Crippen molar-refractivity contribution < 1.29 is 20.1 Å². The van der Waals surface area contributed by atoms with E-state index in [4.69, 9.17) is 5.11 Å². The Labute approximate surface area is 118 Å². The molecule has 112 valence electrons. The summed E-state index contributed by atoms with van der Waals surface area (Å²) in [5, 5.41) is 33.7. The molecule has 1 fully saturated rings. The Morgan fingerprint density at radius 3 is 2.90 bits per heavy atom. The van der Waals surface area contributed by atoms with Gasteiger partial charge in [-0.2, -0.15) is 5.10 Å². The maximum absolute atomic E-state index is 11.1. The first-order valence-corrected chi connectivity index (χ1v) is 6.90. The van der Waals surface area contributed by atoms with Gasteiger partial charge in [-0.3, -0.25) is 9.48 Å². The molecule has 0 spiro atoms. The minimum Gasteiger partial charge on any atom is -0.481 e. The number of aliphatic hydroxyl groups is 2. The molecule has 2 rings (SSSR count). The number of carboxylic acids is 1. The van der Waals surface area contributed by atoms with Gasteiger partial charge in [-0.05, 0) is 39.5 Å². The van der Waals surface area contributed by atoms with E-state index in [1.54, 1.807) is 30.9 Å². The number of nitrogens with zero attached hydrogens (tertiary/aromatic N) is 2. The van der Waals surface area contributed by atoms with Gasteiger partial charge >= 0.3 is 5.97 Å². The minimum atomic E-state index is -1.13. The van der Waals surface area contributed by atoms with Crippen LogP contribution in [0.3, 0.4) is 0 Å². The van der Waals surface area contributed by atoms with Gasteiger partial charge in [0.05, 0.1) is 29.9 Å². The van der Waals surface area contributed by atoms with Crippen LogP contribution in [0.5, 0.6) is 0 Å². The van der Waals surface area contributed by atoms with Crippen LogP contribution in [0.15, 0.2) is 12.4 Å². The Balaban J connectivity index is 2.15. The summed E-state index contributed by atoms with van der Waals surface area (Å²) in [5.41, 5.74) is -1.38. The topological polar surface area (TPSA) is 95.6 Å². The highest BCUT2D eigenvalue weighted by Crippen LogP contribution is 2.39. The van der Waals surface area contributed by atoms with Crippen LogP contribution in [0.4, 0.5) is 0 Å². The summed E-state index contributed by atoms with van der Waals surface area (Å²) in [5.74, 6) is -1.36. The first-order valence-electron chi connectivity index (χ1n) is 6.90. The summed E-state index contributed by atoms with van der Waals surface area (Å²) in [6.07, 6.45) is 5.32. The van der Waals surface area contributed by atoms with Gasteiger partial charge < -0.3 is 15.3 Å². The maximum atomic E-state index is 11.1. The molecule has 0 saturated heterocycles. The van der Waals surface area contributed by atoms with Gasteiger partial charge in [0, 0.05) is 11.8 Å². The van der Waals surface area contributed by atoms with Gasteiger partial charge in [-0.25, -0.2) is 0 Å². The highest BCUT2D eigenvalue weighted by Gasteiger charge is 2.39. The average Bonchev–Trinajstić information content (AvgIpc) is 2.75. The highest BCUT2D eigenvalue weighted by atomic mass is 16.4. The van der Waals surface area contributed by atoms with E-state index in [0.29, 0.717) is 31.4 Å². The van der Waals surface area contributed by atoms with Gasteiger partial charge in [0.2, 0.25) is 0 Å². The van der Waals surface area contributed by atoms with E-state index < -0.39 is 23.1 Å². The van der Waals surface area contributed by atoms with Crippen LogP contribution in [0.1, 0.15) is 45.1 Å². The lowest BCUT2D eigenvalue weighted by Crippen LogP contribution is -2.35. The van der Waals surface area contributed by atoms with E-state index in [1.807, 2.05) is 0 Å². The lowest BCUT2D eigenvalue weighted by Gasteiger charge is -2.34. The molecule has 3 N–H and O–H groups in total. The molecular weight excluding hydrogens is 260 g/mol. The lowest BCUT2D eigenvalue weighted by atomic mass is 9.75. The molecule has 0 radical (unpaired) electrons. The van der Waals surface area contributed by atoms with Crippen molar-refractivity contribution >= 4 is 5.97 Å². The molecule has 1 aliphatic carbocycles. The molecular formula is C14H22N2O4. The number of aliphatic carboxylic acids is 1. The summed E-state index contributed by atoms with van der Waals surface area (Å²) in [7, 11) is 0. The first kappa shape index (κ1) is 15.0. The number of carbonyl (C=O) groups is 1. The van der Waals surface area contributed by atoms with Crippen molar-refractivity contribution in [3.8, 4) is 0 Å². The third kappa shape index (κ3) is 3.37. The second kappa shape index (κ2) is 5.18. The molecule has 1 aliphatic rings. The van der Waals surface area contributed by atoms with Crippen LogP contribution >= 0.6 is 0 Å². The van der Waals surface area contributed by atoms with Crippen LogP contribution in [0, 0.1) is 5.92 Å². The Kier molecular flexibility index (Phi) is 3.88. The number of hydrogen-bond donors (Lipinski definition) is 3. The van der Waals surface area contributed by atoms with Crippen molar-refractivity contribution in [1.82, 2.24) is 9.78 Å². The third-order valence-corrected chi connectivity index (χ3v) is 3.80. The van der Waals surface area contributed by atoms with Crippen LogP contribution in [-0.2, 0) is 16.9 Å². The van der Waals surface area contributed by atoms with Crippen molar-refractivity contribution in [3.05, 3.63) is 18.0 Å². The van der Waals surface area contributed by atoms with Gasteiger partial charge in [-0.15, -0.1) is 0 Å². The number of aromatic nitrogens is 2. The molecule has 0 aromatic carbocycles. The van der Waals surface area contributed by atoms with Crippen molar-refractivity contribution in [2.24, 2.45) is 5.92 Å². The van der Waals surface area contributed by atoms with Gasteiger partial charge in [0.1, 0.15) is 0 Å². The van der Waals surface area contributed by atoms with Gasteiger partial charge in [-0.1, -0.05) is 0 Å². The van der Waals surface area contributed by atoms with Crippen LogP contribution in [0.25, 0.3) is 0 Å². The Morgan fingerprint density at radius 2 is 2.30 bits per heavy atom. The Morgan fingerprint density at radius 1 is 1.60 bits per heavy atom. The molecule has 2 unspecified atom stereocenters. The molecule has 0 bridgehead atoms. The molecule has 2 atom stereocenters. The van der Waals surface area contributed by atoms with Crippen LogP contribution in [0.2, 0.25) is 0 Å². The molecule has 6 heteroatoms. The summed E-state index contributed by atoms with van der Waals surface area (Å²) >= 11 is 0.